The highest BCUT2D eigenvalue weighted by Crippen LogP contribution is 2.66. The van der Waals surface area contributed by atoms with E-state index in [1.54, 1.807) is 5.57 Å². The molecule has 0 heterocycles. The van der Waals surface area contributed by atoms with E-state index in [2.05, 4.69) is 47.6 Å². The second-order valence-corrected chi connectivity index (χ2v) is 12.8. The fraction of sp³-hybridized carbons (Fsp3) is 0.931. The molecule has 4 unspecified atom stereocenters. The van der Waals surface area contributed by atoms with Crippen LogP contribution in [-0.4, -0.2) is 12.2 Å². The Morgan fingerprint density at radius 2 is 1.77 bits per heavy atom. The van der Waals surface area contributed by atoms with Gasteiger partial charge in [0.15, 0.2) is 0 Å². The van der Waals surface area contributed by atoms with Crippen LogP contribution in [0.15, 0.2) is 11.6 Å². The highest BCUT2D eigenvalue weighted by atomic mass is 16.5. The molecule has 3 saturated carbocycles. The minimum absolute atomic E-state index is 0.364. The molecule has 0 N–H and O–H groups in total. The summed E-state index contributed by atoms with van der Waals surface area (Å²) in [5.74, 6) is 4.77. The highest BCUT2D eigenvalue weighted by molar-refractivity contribution is 5.25. The molecule has 7 atom stereocenters. The molecular formula is C29H50O. The molecular weight excluding hydrogens is 364 g/mol. The van der Waals surface area contributed by atoms with Gasteiger partial charge >= 0.3 is 0 Å². The summed E-state index contributed by atoms with van der Waals surface area (Å²) < 4.78 is 6.24. The van der Waals surface area contributed by atoms with Crippen molar-refractivity contribution in [1.29, 1.82) is 0 Å². The van der Waals surface area contributed by atoms with E-state index in [1.165, 1.54) is 77.0 Å². The molecule has 4 aliphatic rings. The molecule has 1 nitrogen and oxygen atoms in total. The molecule has 0 aromatic rings. The first-order valence-corrected chi connectivity index (χ1v) is 13.6. The van der Waals surface area contributed by atoms with E-state index in [-0.39, 0.29) is 0 Å². The molecule has 1 heteroatoms. The number of ether oxygens (including phenoxy) is 1. The number of unbranched alkanes of at least 4 members (excludes halogenated alkanes) is 1. The summed E-state index contributed by atoms with van der Waals surface area (Å²) in [5.41, 5.74) is 2.88. The van der Waals surface area contributed by atoms with Crippen molar-refractivity contribution in [3.05, 3.63) is 11.6 Å². The van der Waals surface area contributed by atoms with Crippen LogP contribution in [0.5, 0.6) is 0 Å². The maximum Gasteiger partial charge on any atom is 0.0616 e. The molecule has 0 spiro atoms. The zero-order valence-electron chi connectivity index (χ0n) is 21.0. The van der Waals surface area contributed by atoms with E-state index in [4.69, 9.17) is 4.74 Å². The Hall–Kier alpha value is -0.300. The first-order chi connectivity index (χ1) is 14.2. The quantitative estimate of drug-likeness (QED) is 0.299. The van der Waals surface area contributed by atoms with E-state index in [0.29, 0.717) is 23.0 Å². The summed E-state index contributed by atoms with van der Waals surface area (Å²) in [6, 6.07) is 0. The Balaban J connectivity index is 1.43. The van der Waals surface area contributed by atoms with Crippen LogP contribution in [0.25, 0.3) is 0 Å². The second-order valence-electron chi connectivity index (χ2n) is 12.8. The zero-order valence-corrected chi connectivity index (χ0v) is 21.0. The van der Waals surface area contributed by atoms with Crippen molar-refractivity contribution in [3.8, 4) is 0 Å². The van der Waals surface area contributed by atoms with Crippen molar-refractivity contribution >= 4 is 0 Å². The highest BCUT2D eigenvalue weighted by Gasteiger charge is 2.58. The molecule has 3 fully saturated rings. The number of rotatable bonds is 7. The lowest BCUT2D eigenvalue weighted by Gasteiger charge is -2.58. The van der Waals surface area contributed by atoms with Gasteiger partial charge in [0.05, 0.1) is 12.2 Å². The van der Waals surface area contributed by atoms with Gasteiger partial charge < -0.3 is 4.74 Å². The maximum atomic E-state index is 6.24. The molecule has 0 aromatic heterocycles. The van der Waals surface area contributed by atoms with Gasteiger partial charge in [-0.05, 0) is 112 Å². The standard InChI is InChI=1S/C29H50O/c1-20(2)9-7-8-10-22-12-14-26-25-13-11-23-19-24(30-21(3)4)15-17-29(23,6)27(25)16-18-28(22,26)5/h11,20-22,24-27H,7-10,12-19H2,1-6H3/t22-,24?,25?,26?,27?,28+,29-/m0/s1. The van der Waals surface area contributed by atoms with Crippen LogP contribution in [0.3, 0.4) is 0 Å². The van der Waals surface area contributed by atoms with Gasteiger partial charge in [-0.3, -0.25) is 0 Å². The summed E-state index contributed by atoms with van der Waals surface area (Å²) in [4.78, 5) is 0. The lowest BCUT2D eigenvalue weighted by atomic mass is 9.47. The SMILES string of the molecule is CC(C)CCCC[C@H]1CCC2C3CC=C4CC(OC(C)C)CC[C@]4(C)C3CC[C@@]21C. The lowest BCUT2D eigenvalue weighted by molar-refractivity contribution is -0.0668. The van der Waals surface area contributed by atoms with Gasteiger partial charge in [-0.1, -0.05) is 58.6 Å². The van der Waals surface area contributed by atoms with Crippen LogP contribution < -0.4 is 0 Å². The maximum absolute atomic E-state index is 6.24. The Kier molecular flexibility index (Phi) is 6.80. The molecule has 30 heavy (non-hydrogen) atoms. The van der Waals surface area contributed by atoms with Gasteiger partial charge in [0, 0.05) is 0 Å². The van der Waals surface area contributed by atoms with Gasteiger partial charge in [-0.15, -0.1) is 0 Å². The van der Waals surface area contributed by atoms with Crippen molar-refractivity contribution in [1.82, 2.24) is 0 Å². The minimum atomic E-state index is 0.364. The average molecular weight is 415 g/mol. The third kappa shape index (κ3) is 4.18. The topological polar surface area (TPSA) is 9.23 Å². The van der Waals surface area contributed by atoms with E-state index in [1.807, 2.05) is 0 Å². The molecule has 0 radical (unpaired) electrons. The average Bonchev–Trinajstić information content (AvgIpc) is 3.01. The van der Waals surface area contributed by atoms with Gasteiger partial charge in [0.2, 0.25) is 0 Å². The molecule has 0 aromatic carbocycles. The summed E-state index contributed by atoms with van der Waals surface area (Å²) in [7, 11) is 0. The van der Waals surface area contributed by atoms with E-state index < -0.39 is 0 Å². The van der Waals surface area contributed by atoms with Crippen molar-refractivity contribution in [2.75, 3.05) is 0 Å². The number of allylic oxidation sites excluding steroid dienone is 1. The van der Waals surface area contributed by atoms with Crippen LogP contribution in [0.2, 0.25) is 0 Å². The summed E-state index contributed by atoms with van der Waals surface area (Å²) in [6.07, 6.45) is 20.6. The Labute approximate surface area is 187 Å². The van der Waals surface area contributed by atoms with Crippen molar-refractivity contribution < 1.29 is 4.74 Å². The predicted molar refractivity (Wildman–Crippen MR) is 129 cm³/mol. The molecule has 0 aliphatic heterocycles. The lowest BCUT2D eigenvalue weighted by Crippen LogP contribution is -2.50. The van der Waals surface area contributed by atoms with E-state index >= 15 is 0 Å². The predicted octanol–water partition coefficient (Wildman–Crippen LogP) is 8.58. The second kappa shape index (κ2) is 8.92. The van der Waals surface area contributed by atoms with Crippen LogP contribution in [-0.2, 0) is 4.74 Å². The molecule has 0 bridgehead atoms. The number of fused-ring (bicyclic) bond motifs is 5. The Morgan fingerprint density at radius 3 is 2.50 bits per heavy atom. The third-order valence-corrected chi connectivity index (χ3v) is 10.3. The number of hydrogen-bond acceptors (Lipinski definition) is 1. The van der Waals surface area contributed by atoms with Gasteiger partial charge in [0.25, 0.3) is 0 Å². The van der Waals surface area contributed by atoms with Crippen LogP contribution in [0.1, 0.15) is 119 Å². The minimum Gasteiger partial charge on any atom is -0.375 e. The largest absolute Gasteiger partial charge is 0.375 e. The Morgan fingerprint density at radius 1 is 0.967 bits per heavy atom. The van der Waals surface area contributed by atoms with Crippen molar-refractivity contribution in [2.45, 2.75) is 131 Å². The van der Waals surface area contributed by atoms with Crippen molar-refractivity contribution in [3.63, 3.8) is 0 Å². The van der Waals surface area contributed by atoms with Crippen LogP contribution in [0, 0.1) is 40.4 Å². The molecule has 0 saturated heterocycles. The summed E-state index contributed by atoms with van der Waals surface area (Å²) in [6.45, 7) is 14.5. The number of hydrogen-bond donors (Lipinski definition) is 0. The monoisotopic (exact) mass is 414 g/mol. The normalized spacial score (nSPS) is 43.3. The molecule has 172 valence electrons. The fourth-order valence-corrected chi connectivity index (χ4v) is 8.65. The fourth-order valence-electron chi connectivity index (χ4n) is 8.65. The molecule has 4 aliphatic carbocycles. The van der Waals surface area contributed by atoms with Gasteiger partial charge in [-0.2, -0.15) is 0 Å². The zero-order chi connectivity index (χ0) is 21.5. The van der Waals surface area contributed by atoms with Gasteiger partial charge in [-0.25, -0.2) is 0 Å². The smallest absolute Gasteiger partial charge is 0.0616 e. The van der Waals surface area contributed by atoms with Crippen molar-refractivity contribution in [2.24, 2.45) is 40.4 Å². The molecule has 4 rings (SSSR count). The summed E-state index contributed by atoms with van der Waals surface area (Å²) in [5, 5.41) is 0. The first-order valence-electron chi connectivity index (χ1n) is 13.6. The van der Waals surface area contributed by atoms with E-state index in [0.717, 1.165) is 29.6 Å². The van der Waals surface area contributed by atoms with Crippen LogP contribution in [0.4, 0.5) is 0 Å². The molecule has 0 amide bonds. The van der Waals surface area contributed by atoms with E-state index in [9.17, 15) is 0 Å². The summed E-state index contributed by atoms with van der Waals surface area (Å²) >= 11 is 0. The Bertz CT molecular complexity index is 618. The van der Waals surface area contributed by atoms with Gasteiger partial charge in [0.1, 0.15) is 0 Å². The third-order valence-electron chi connectivity index (χ3n) is 10.3. The first kappa shape index (κ1) is 22.9. The van der Waals surface area contributed by atoms with Crippen LogP contribution >= 0.6 is 0 Å².